The number of alkyl halides is 2. The predicted octanol–water partition coefficient (Wildman–Crippen LogP) is 2.14. The van der Waals surface area contributed by atoms with Gasteiger partial charge in [-0.1, -0.05) is 0 Å². The Bertz CT molecular complexity index is 1000. The minimum atomic E-state index is -2.77. The molecule has 4 heterocycles. The summed E-state index contributed by atoms with van der Waals surface area (Å²) in [6, 6.07) is 1.14. The monoisotopic (exact) mass is 400 g/mol. The molecule has 150 valence electrons. The van der Waals surface area contributed by atoms with E-state index in [0.717, 1.165) is 6.07 Å². The number of morpholine rings is 1. The number of rotatable bonds is 4. The van der Waals surface area contributed by atoms with Crippen molar-refractivity contribution in [2.24, 2.45) is 0 Å². The molecule has 1 atom stereocenters. The lowest BCUT2D eigenvalue weighted by atomic mass is 10.1. The van der Waals surface area contributed by atoms with E-state index in [0.29, 0.717) is 31.4 Å². The number of hydrogen-bond donors (Lipinski definition) is 1. The lowest BCUT2D eigenvalue weighted by Crippen LogP contribution is -2.44. The van der Waals surface area contributed by atoms with Crippen molar-refractivity contribution in [3.05, 3.63) is 36.4 Å². The molecule has 0 saturated carbocycles. The number of ether oxygens (including phenoxy) is 1. The Morgan fingerprint density at radius 2 is 1.97 bits per heavy atom. The maximum atomic E-state index is 13.6. The molecule has 2 N–H and O–H groups in total. The first-order valence-electron chi connectivity index (χ1n) is 8.93. The summed E-state index contributed by atoms with van der Waals surface area (Å²) in [4.78, 5) is 27.5. The van der Waals surface area contributed by atoms with E-state index < -0.39 is 6.43 Å². The van der Waals surface area contributed by atoms with Crippen molar-refractivity contribution < 1.29 is 13.5 Å². The van der Waals surface area contributed by atoms with E-state index in [9.17, 15) is 8.78 Å². The third-order valence-electron chi connectivity index (χ3n) is 4.47. The first-order valence-corrected chi connectivity index (χ1v) is 8.93. The number of hydrogen-bond acceptors (Lipinski definition) is 9. The minimum absolute atomic E-state index is 0.00530. The molecule has 9 nitrogen and oxygen atoms in total. The van der Waals surface area contributed by atoms with Crippen LogP contribution >= 0.6 is 0 Å². The summed E-state index contributed by atoms with van der Waals surface area (Å²) in [5.41, 5.74) is 5.78. The summed E-state index contributed by atoms with van der Waals surface area (Å²) in [5.74, 6) is 0.642. The van der Waals surface area contributed by atoms with Crippen molar-refractivity contribution in [2.45, 2.75) is 19.4 Å². The number of anilines is 2. The van der Waals surface area contributed by atoms with E-state index in [1.165, 1.54) is 24.8 Å². The lowest BCUT2D eigenvalue weighted by Gasteiger charge is -2.33. The number of halogens is 2. The van der Waals surface area contributed by atoms with Crippen LogP contribution in [0.3, 0.4) is 0 Å². The van der Waals surface area contributed by atoms with Crippen molar-refractivity contribution in [3.8, 4) is 22.9 Å². The molecule has 0 unspecified atom stereocenters. The number of pyridine rings is 1. The molecule has 3 aromatic rings. The molecule has 1 aliphatic heterocycles. The zero-order chi connectivity index (χ0) is 20.4. The molecule has 0 aliphatic carbocycles. The molecule has 4 rings (SSSR count). The highest BCUT2D eigenvalue weighted by Crippen LogP contribution is 2.31. The Balaban J connectivity index is 1.89. The third kappa shape index (κ3) is 3.94. The molecular weight excluding hydrogens is 382 g/mol. The molecule has 0 spiro atoms. The van der Waals surface area contributed by atoms with E-state index in [1.54, 1.807) is 0 Å². The van der Waals surface area contributed by atoms with Crippen LogP contribution in [0.1, 0.15) is 18.9 Å². The van der Waals surface area contributed by atoms with Crippen LogP contribution in [0.4, 0.5) is 20.5 Å². The quantitative estimate of drug-likeness (QED) is 0.703. The van der Waals surface area contributed by atoms with E-state index in [4.69, 9.17) is 10.5 Å². The van der Waals surface area contributed by atoms with Gasteiger partial charge in [0.1, 0.15) is 11.5 Å². The highest BCUT2D eigenvalue weighted by atomic mass is 19.3. The number of nitrogens with zero attached hydrogens (tertiary/aromatic N) is 7. The van der Waals surface area contributed by atoms with Crippen LogP contribution in [-0.2, 0) is 4.74 Å². The van der Waals surface area contributed by atoms with Gasteiger partial charge in [0.2, 0.25) is 5.95 Å². The van der Waals surface area contributed by atoms with Crippen LogP contribution in [0.5, 0.6) is 0 Å². The molecule has 0 radical (unpaired) electrons. The van der Waals surface area contributed by atoms with Gasteiger partial charge in [-0.25, -0.2) is 23.7 Å². The SMILES string of the molecule is C[C@@H]1COCCN1c1nc(-c2cnccn2)nc(-c2cnc(N)cc2C(F)F)n1. The van der Waals surface area contributed by atoms with E-state index in [1.807, 2.05) is 11.8 Å². The van der Waals surface area contributed by atoms with Crippen LogP contribution in [0.15, 0.2) is 30.9 Å². The summed E-state index contributed by atoms with van der Waals surface area (Å²) in [6.07, 6.45) is 3.01. The van der Waals surface area contributed by atoms with Crippen molar-refractivity contribution in [3.63, 3.8) is 0 Å². The number of nitrogens with two attached hydrogens (primary N) is 1. The van der Waals surface area contributed by atoms with Gasteiger partial charge >= 0.3 is 0 Å². The number of nitrogen functional groups attached to an aromatic ring is 1. The minimum Gasteiger partial charge on any atom is -0.384 e. The fraction of sp³-hybridized carbons (Fsp3) is 0.333. The Kier molecular flexibility index (Phi) is 5.21. The summed E-state index contributed by atoms with van der Waals surface area (Å²) in [5, 5.41) is 0. The molecule has 11 heteroatoms. The second-order valence-electron chi connectivity index (χ2n) is 6.49. The molecule has 0 bridgehead atoms. The van der Waals surface area contributed by atoms with Gasteiger partial charge in [0, 0.05) is 36.3 Å². The van der Waals surface area contributed by atoms with E-state index in [-0.39, 0.29) is 34.6 Å². The standard InChI is InChI=1S/C18H18F2N8O/c1-10-9-29-5-4-28(10)18-26-16(12-7-24-14(21)6-11(12)15(19)20)25-17(27-18)13-8-22-2-3-23-13/h2-3,6-8,10,15H,4-5,9H2,1H3,(H2,21,24)/t10-/m1/s1. The predicted molar refractivity (Wildman–Crippen MR) is 101 cm³/mol. The van der Waals surface area contributed by atoms with Crippen molar-refractivity contribution in [1.82, 2.24) is 29.9 Å². The fourth-order valence-corrected chi connectivity index (χ4v) is 3.02. The van der Waals surface area contributed by atoms with E-state index in [2.05, 4.69) is 29.9 Å². The summed E-state index contributed by atoms with van der Waals surface area (Å²) in [7, 11) is 0. The second-order valence-corrected chi connectivity index (χ2v) is 6.49. The summed E-state index contributed by atoms with van der Waals surface area (Å²) in [6.45, 7) is 3.55. The zero-order valence-electron chi connectivity index (χ0n) is 15.5. The van der Waals surface area contributed by atoms with Gasteiger partial charge in [0.15, 0.2) is 11.6 Å². The van der Waals surface area contributed by atoms with Gasteiger partial charge in [-0.3, -0.25) is 4.98 Å². The largest absolute Gasteiger partial charge is 0.384 e. The Hall–Kier alpha value is -3.34. The average Bonchev–Trinajstić information content (AvgIpc) is 2.74. The third-order valence-corrected chi connectivity index (χ3v) is 4.47. The zero-order valence-corrected chi connectivity index (χ0v) is 15.5. The maximum absolute atomic E-state index is 13.6. The van der Waals surface area contributed by atoms with Crippen molar-refractivity contribution in [2.75, 3.05) is 30.4 Å². The molecular formula is C18H18F2N8O. The summed E-state index contributed by atoms with van der Waals surface area (Å²) >= 11 is 0. The highest BCUT2D eigenvalue weighted by molar-refractivity contribution is 5.65. The van der Waals surface area contributed by atoms with E-state index >= 15 is 0 Å². The first kappa shape index (κ1) is 19.0. The van der Waals surface area contributed by atoms with Gasteiger partial charge in [-0.2, -0.15) is 9.97 Å². The Labute approximate surface area is 165 Å². The van der Waals surface area contributed by atoms with Crippen LogP contribution < -0.4 is 10.6 Å². The van der Waals surface area contributed by atoms with Gasteiger partial charge in [-0.15, -0.1) is 0 Å². The maximum Gasteiger partial charge on any atom is 0.264 e. The number of aromatic nitrogens is 6. The van der Waals surface area contributed by atoms with Crippen LogP contribution in [0, 0.1) is 0 Å². The average molecular weight is 400 g/mol. The van der Waals surface area contributed by atoms with Gasteiger partial charge < -0.3 is 15.4 Å². The van der Waals surface area contributed by atoms with Gasteiger partial charge in [0.05, 0.1) is 25.5 Å². The molecule has 1 saturated heterocycles. The molecule has 1 aliphatic rings. The highest BCUT2D eigenvalue weighted by Gasteiger charge is 2.25. The molecule has 29 heavy (non-hydrogen) atoms. The van der Waals surface area contributed by atoms with Crippen LogP contribution in [0.25, 0.3) is 22.9 Å². The Morgan fingerprint density at radius 3 is 2.69 bits per heavy atom. The fourth-order valence-electron chi connectivity index (χ4n) is 3.02. The Morgan fingerprint density at radius 1 is 1.14 bits per heavy atom. The van der Waals surface area contributed by atoms with Gasteiger partial charge in [0.25, 0.3) is 6.43 Å². The van der Waals surface area contributed by atoms with Crippen molar-refractivity contribution in [1.29, 1.82) is 0 Å². The molecule has 0 amide bonds. The molecule has 3 aromatic heterocycles. The topological polar surface area (TPSA) is 116 Å². The van der Waals surface area contributed by atoms with Crippen molar-refractivity contribution >= 4 is 11.8 Å². The molecule has 1 fully saturated rings. The van der Waals surface area contributed by atoms with Crippen LogP contribution in [0.2, 0.25) is 0 Å². The smallest absolute Gasteiger partial charge is 0.264 e. The van der Waals surface area contributed by atoms with Gasteiger partial charge in [-0.05, 0) is 13.0 Å². The first-order chi connectivity index (χ1) is 14.0. The van der Waals surface area contributed by atoms with Crippen LogP contribution in [-0.4, -0.2) is 55.7 Å². The molecule has 0 aromatic carbocycles. The second kappa shape index (κ2) is 7.95. The lowest BCUT2D eigenvalue weighted by molar-refractivity contribution is 0.0981. The normalized spacial score (nSPS) is 17.0. The summed E-state index contributed by atoms with van der Waals surface area (Å²) < 4.78 is 32.7.